The molecule has 20 heavy (non-hydrogen) atoms. The minimum atomic E-state index is -1.04. The van der Waals surface area contributed by atoms with Gasteiger partial charge in [0.05, 0.1) is 6.10 Å². The van der Waals surface area contributed by atoms with E-state index in [0.29, 0.717) is 30.7 Å². The van der Waals surface area contributed by atoms with Gasteiger partial charge in [-0.1, -0.05) is 19.1 Å². The van der Waals surface area contributed by atoms with Gasteiger partial charge in [-0.2, -0.15) is 0 Å². The topological polar surface area (TPSA) is 66.8 Å². The third-order valence-electron chi connectivity index (χ3n) is 2.75. The van der Waals surface area contributed by atoms with Gasteiger partial charge in [-0.05, 0) is 38.0 Å². The number of carboxylic acid groups (broad SMARTS) is 1. The molecule has 0 bridgehead atoms. The molecule has 0 aromatic heterocycles. The summed E-state index contributed by atoms with van der Waals surface area (Å²) in [7, 11) is 0. The predicted octanol–water partition coefficient (Wildman–Crippen LogP) is 2.47. The van der Waals surface area contributed by atoms with E-state index in [1.54, 1.807) is 24.3 Å². The van der Waals surface area contributed by atoms with Gasteiger partial charge in [-0.3, -0.25) is 4.79 Å². The standard InChI is InChI=1S/C15H21NO4/c1-4-9-16(10-17)14(15(18)19)12-5-7-13(8-6-12)20-11(2)3/h5-8,10-11,14H,4,9H2,1-3H3,(H,18,19). The van der Waals surface area contributed by atoms with Crippen LogP contribution < -0.4 is 4.74 Å². The average Bonchev–Trinajstić information content (AvgIpc) is 2.39. The van der Waals surface area contributed by atoms with Crippen molar-refractivity contribution in [3.63, 3.8) is 0 Å². The Bertz CT molecular complexity index is 442. The van der Waals surface area contributed by atoms with E-state index < -0.39 is 12.0 Å². The molecule has 0 aliphatic rings. The number of hydrogen-bond acceptors (Lipinski definition) is 3. The Morgan fingerprint density at radius 3 is 2.35 bits per heavy atom. The lowest BCUT2D eigenvalue weighted by Crippen LogP contribution is -2.33. The fraction of sp³-hybridized carbons (Fsp3) is 0.467. The number of carboxylic acids is 1. The van der Waals surface area contributed by atoms with Crippen LogP contribution in [-0.2, 0) is 9.59 Å². The van der Waals surface area contributed by atoms with Crippen LogP contribution >= 0.6 is 0 Å². The molecule has 5 nitrogen and oxygen atoms in total. The molecule has 110 valence electrons. The van der Waals surface area contributed by atoms with Crippen molar-refractivity contribution in [1.82, 2.24) is 4.90 Å². The van der Waals surface area contributed by atoms with Crippen molar-refractivity contribution in [2.75, 3.05) is 6.54 Å². The molecule has 0 fully saturated rings. The average molecular weight is 279 g/mol. The molecule has 0 saturated carbocycles. The van der Waals surface area contributed by atoms with Crippen LogP contribution in [0.2, 0.25) is 0 Å². The number of carbonyl (C=O) groups excluding carboxylic acids is 1. The largest absolute Gasteiger partial charge is 0.491 e. The van der Waals surface area contributed by atoms with Gasteiger partial charge in [0, 0.05) is 6.54 Å². The summed E-state index contributed by atoms with van der Waals surface area (Å²) in [6.07, 6.45) is 1.35. The maximum absolute atomic E-state index is 11.4. The van der Waals surface area contributed by atoms with E-state index in [1.807, 2.05) is 20.8 Å². The van der Waals surface area contributed by atoms with Gasteiger partial charge in [0.2, 0.25) is 6.41 Å². The summed E-state index contributed by atoms with van der Waals surface area (Å²) >= 11 is 0. The minimum absolute atomic E-state index is 0.0580. The molecular formula is C15H21NO4. The molecule has 0 spiro atoms. The first-order chi connectivity index (χ1) is 9.49. The Hall–Kier alpha value is -2.04. The molecule has 1 atom stereocenters. The smallest absolute Gasteiger partial charge is 0.331 e. The van der Waals surface area contributed by atoms with Gasteiger partial charge < -0.3 is 14.7 Å². The van der Waals surface area contributed by atoms with E-state index in [0.717, 1.165) is 0 Å². The number of carbonyl (C=O) groups is 2. The highest BCUT2D eigenvalue weighted by atomic mass is 16.5. The molecule has 1 amide bonds. The number of hydrogen-bond donors (Lipinski definition) is 1. The molecule has 0 aliphatic carbocycles. The molecule has 1 N–H and O–H groups in total. The second kappa shape index (κ2) is 7.53. The van der Waals surface area contributed by atoms with Crippen molar-refractivity contribution in [2.45, 2.75) is 39.3 Å². The summed E-state index contributed by atoms with van der Waals surface area (Å²) in [5.74, 6) is -0.357. The minimum Gasteiger partial charge on any atom is -0.491 e. The lowest BCUT2D eigenvalue weighted by atomic mass is 10.1. The summed E-state index contributed by atoms with van der Waals surface area (Å²) in [5.41, 5.74) is 0.564. The Balaban J connectivity index is 2.97. The van der Waals surface area contributed by atoms with Crippen LogP contribution in [0, 0.1) is 0 Å². The Morgan fingerprint density at radius 2 is 1.95 bits per heavy atom. The molecule has 5 heteroatoms. The van der Waals surface area contributed by atoms with Gasteiger partial charge in [0.25, 0.3) is 0 Å². The maximum Gasteiger partial charge on any atom is 0.331 e. The lowest BCUT2D eigenvalue weighted by Gasteiger charge is -2.25. The van der Waals surface area contributed by atoms with Crippen molar-refractivity contribution >= 4 is 12.4 Å². The number of rotatable bonds is 8. The Kier molecular flexibility index (Phi) is 6.03. The van der Waals surface area contributed by atoms with Crippen LogP contribution in [0.1, 0.15) is 38.8 Å². The lowest BCUT2D eigenvalue weighted by molar-refractivity contribution is -0.146. The normalized spacial score (nSPS) is 12.0. The predicted molar refractivity (Wildman–Crippen MR) is 75.6 cm³/mol. The molecule has 0 aliphatic heterocycles. The van der Waals surface area contributed by atoms with Crippen LogP contribution in [0.4, 0.5) is 0 Å². The zero-order valence-electron chi connectivity index (χ0n) is 12.1. The van der Waals surface area contributed by atoms with Gasteiger partial charge >= 0.3 is 5.97 Å². The van der Waals surface area contributed by atoms with Crippen LogP contribution in [0.25, 0.3) is 0 Å². The van der Waals surface area contributed by atoms with Gasteiger partial charge in [-0.25, -0.2) is 4.79 Å². The molecule has 1 rings (SSSR count). The van der Waals surface area contributed by atoms with E-state index >= 15 is 0 Å². The van der Waals surface area contributed by atoms with Crippen LogP contribution in [0.5, 0.6) is 5.75 Å². The van der Waals surface area contributed by atoms with Crippen molar-refractivity contribution in [3.8, 4) is 5.75 Å². The zero-order valence-corrected chi connectivity index (χ0v) is 12.1. The number of nitrogens with zero attached hydrogens (tertiary/aromatic N) is 1. The van der Waals surface area contributed by atoms with Crippen molar-refractivity contribution < 1.29 is 19.4 Å². The molecule has 1 aromatic carbocycles. The highest BCUT2D eigenvalue weighted by Gasteiger charge is 2.25. The van der Waals surface area contributed by atoms with E-state index in [4.69, 9.17) is 4.74 Å². The third-order valence-corrected chi connectivity index (χ3v) is 2.75. The summed E-state index contributed by atoms with van der Waals surface area (Å²) < 4.78 is 5.51. The van der Waals surface area contributed by atoms with Crippen molar-refractivity contribution in [2.24, 2.45) is 0 Å². The van der Waals surface area contributed by atoms with Gasteiger partial charge in [0.1, 0.15) is 5.75 Å². The first-order valence-corrected chi connectivity index (χ1v) is 6.70. The Labute approximate surface area is 119 Å². The second-order valence-electron chi connectivity index (χ2n) is 4.82. The molecular weight excluding hydrogens is 258 g/mol. The van der Waals surface area contributed by atoms with Crippen molar-refractivity contribution in [3.05, 3.63) is 29.8 Å². The first-order valence-electron chi connectivity index (χ1n) is 6.70. The zero-order chi connectivity index (χ0) is 15.1. The quantitative estimate of drug-likeness (QED) is 0.742. The van der Waals surface area contributed by atoms with E-state index in [9.17, 15) is 14.7 Å². The third kappa shape index (κ3) is 4.26. The number of aliphatic carboxylic acids is 1. The van der Waals surface area contributed by atoms with E-state index in [-0.39, 0.29) is 6.10 Å². The highest BCUT2D eigenvalue weighted by Crippen LogP contribution is 2.23. The number of ether oxygens (including phenoxy) is 1. The van der Waals surface area contributed by atoms with E-state index in [1.165, 1.54) is 4.90 Å². The van der Waals surface area contributed by atoms with Gasteiger partial charge in [-0.15, -0.1) is 0 Å². The molecule has 0 heterocycles. The van der Waals surface area contributed by atoms with Crippen LogP contribution in [0.15, 0.2) is 24.3 Å². The molecule has 1 unspecified atom stereocenters. The fourth-order valence-corrected chi connectivity index (χ4v) is 1.98. The molecule has 1 aromatic rings. The maximum atomic E-state index is 11.4. The van der Waals surface area contributed by atoms with Gasteiger partial charge in [0.15, 0.2) is 6.04 Å². The summed E-state index contributed by atoms with van der Waals surface area (Å²) in [4.78, 5) is 23.8. The summed E-state index contributed by atoms with van der Waals surface area (Å²) in [6, 6.07) is 5.85. The first kappa shape index (κ1) is 16.0. The number of benzene rings is 1. The monoisotopic (exact) mass is 279 g/mol. The van der Waals surface area contributed by atoms with E-state index in [2.05, 4.69) is 0 Å². The molecule has 0 saturated heterocycles. The summed E-state index contributed by atoms with van der Waals surface area (Å²) in [5, 5.41) is 9.34. The highest BCUT2D eigenvalue weighted by molar-refractivity contribution is 5.78. The SMILES string of the molecule is CCCN(C=O)C(C(=O)O)c1ccc(OC(C)C)cc1. The van der Waals surface area contributed by atoms with Crippen molar-refractivity contribution in [1.29, 1.82) is 0 Å². The number of amides is 1. The second-order valence-corrected chi connectivity index (χ2v) is 4.82. The molecule has 0 radical (unpaired) electrons. The summed E-state index contributed by atoms with van der Waals surface area (Å²) in [6.45, 7) is 6.15. The van der Waals surface area contributed by atoms with Crippen LogP contribution in [0.3, 0.4) is 0 Å². The van der Waals surface area contributed by atoms with Crippen LogP contribution in [-0.4, -0.2) is 35.0 Å². The Morgan fingerprint density at radius 1 is 1.35 bits per heavy atom. The fourth-order valence-electron chi connectivity index (χ4n) is 1.98.